The van der Waals surface area contributed by atoms with Crippen LogP contribution in [0.25, 0.3) is 0 Å². The Morgan fingerprint density at radius 2 is 2.10 bits per heavy atom. The van der Waals surface area contributed by atoms with Gasteiger partial charge in [0.25, 0.3) is 0 Å². The number of benzene rings is 1. The van der Waals surface area contributed by atoms with E-state index < -0.39 is 5.60 Å². The number of nitrogens with one attached hydrogen (secondary N) is 1. The van der Waals surface area contributed by atoms with Crippen LogP contribution < -0.4 is 10.1 Å². The van der Waals surface area contributed by atoms with Crippen molar-refractivity contribution in [3.63, 3.8) is 0 Å². The standard InChI is InChI=1S/C24H32N4O3/c1-16(15-28-18(3)13-17(2)26-28)23(30)25-20-14-24(10-9-22(29)27(4)12-11-24)31-21-8-6-5-7-19(20)21/h5-8,13,16,20H,9-12,14-15H2,1-4H3,(H,25,30)/t16-,20-,24+/m1/s1. The highest BCUT2D eigenvalue weighted by atomic mass is 16.5. The van der Waals surface area contributed by atoms with Gasteiger partial charge < -0.3 is 15.0 Å². The number of amides is 2. The van der Waals surface area contributed by atoms with Gasteiger partial charge in [-0.05, 0) is 32.4 Å². The average Bonchev–Trinajstić information content (AvgIpc) is 2.99. The molecule has 0 bridgehead atoms. The van der Waals surface area contributed by atoms with Crippen molar-refractivity contribution in [2.45, 2.75) is 64.6 Å². The fourth-order valence-electron chi connectivity index (χ4n) is 4.72. The van der Waals surface area contributed by atoms with Gasteiger partial charge in [-0.1, -0.05) is 25.1 Å². The summed E-state index contributed by atoms with van der Waals surface area (Å²) in [4.78, 5) is 27.1. The SMILES string of the molecule is Cc1cc(C)n(C[C@@H](C)C(=O)N[C@@H]2C[C@@]3(CCC(=O)N(C)CC3)Oc3ccccc32)n1. The summed E-state index contributed by atoms with van der Waals surface area (Å²) in [7, 11) is 1.85. The first kappa shape index (κ1) is 21.4. The van der Waals surface area contributed by atoms with Crippen LogP contribution in [0.5, 0.6) is 5.75 Å². The molecule has 7 nitrogen and oxygen atoms in total. The van der Waals surface area contributed by atoms with E-state index in [1.807, 2.05) is 62.8 Å². The van der Waals surface area contributed by atoms with Crippen molar-refractivity contribution in [1.82, 2.24) is 20.0 Å². The van der Waals surface area contributed by atoms with E-state index in [4.69, 9.17) is 4.74 Å². The van der Waals surface area contributed by atoms with E-state index in [9.17, 15) is 9.59 Å². The molecule has 0 unspecified atom stereocenters. The van der Waals surface area contributed by atoms with Crippen LogP contribution in [-0.2, 0) is 16.1 Å². The molecule has 4 rings (SSSR count). The molecule has 1 N–H and O–H groups in total. The van der Waals surface area contributed by atoms with Crippen molar-refractivity contribution in [1.29, 1.82) is 0 Å². The van der Waals surface area contributed by atoms with Crippen LogP contribution in [-0.4, -0.2) is 45.7 Å². The summed E-state index contributed by atoms with van der Waals surface area (Å²) in [5, 5.41) is 7.77. The summed E-state index contributed by atoms with van der Waals surface area (Å²) in [5.41, 5.74) is 2.58. The third-order valence-electron chi connectivity index (χ3n) is 6.63. The summed E-state index contributed by atoms with van der Waals surface area (Å²) in [6.07, 6.45) is 2.56. The maximum Gasteiger partial charge on any atom is 0.225 e. The molecule has 2 aliphatic heterocycles. The van der Waals surface area contributed by atoms with Crippen LogP contribution in [0.1, 0.15) is 55.6 Å². The van der Waals surface area contributed by atoms with Gasteiger partial charge in [-0.15, -0.1) is 0 Å². The normalized spacial score (nSPS) is 24.3. The molecular formula is C24H32N4O3. The number of hydrogen-bond donors (Lipinski definition) is 1. The van der Waals surface area contributed by atoms with Crippen molar-refractivity contribution in [2.75, 3.05) is 13.6 Å². The lowest BCUT2D eigenvalue weighted by Gasteiger charge is -2.42. The third kappa shape index (κ3) is 4.45. The van der Waals surface area contributed by atoms with Crippen molar-refractivity contribution >= 4 is 11.8 Å². The number of fused-ring (bicyclic) bond motifs is 1. The largest absolute Gasteiger partial charge is 0.487 e. The fraction of sp³-hybridized carbons (Fsp3) is 0.542. The number of aromatic nitrogens is 2. The van der Waals surface area contributed by atoms with Crippen molar-refractivity contribution in [3.05, 3.63) is 47.3 Å². The molecule has 3 heterocycles. The van der Waals surface area contributed by atoms with Gasteiger partial charge in [0.1, 0.15) is 11.4 Å². The van der Waals surface area contributed by atoms with Gasteiger partial charge in [0.15, 0.2) is 0 Å². The van der Waals surface area contributed by atoms with Crippen LogP contribution in [0.4, 0.5) is 0 Å². The number of rotatable bonds is 4. The van der Waals surface area contributed by atoms with E-state index >= 15 is 0 Å². The predicted octanol–water partition coefficient (Wildman–Crippen LogP) is 3.16. The molecular weight excluding hydrogens is 392 g/mol. The molecule has 1 fully saturated rings. The molecule has 1 aromatic carbocycles. The van der Waals surface area contributed by atoms with E-state index in [2.05, 4.69) is 10.4 Å². The average molecular weight is 425 g/mol. The minimum atomic E-state index is -0.439. The van der Waals surface area contributed by atoms with E-state index in [-0.39, 0.29) is 23.8 Å². The van der Waals surface area contributed by atoms with E-state index in [0.29, 0.717) is 32.4 Å². The Morgan fingerprint density at radius 3 is 2.84 bits per heavy atom. The third-order valence-corrected chi connectivity index (χ3v) is 6.63. The number of aryl methyl sites for hydroxylation is 2. The number of likely N-dealkylation sites (tertiary alicyclic amines) is 1. The Kier molecular flexibility index (Phi) is 5.77. The first-order chi connectivity index (χ1) is 14.8. The van der Waals surface area contributed by atoms with Crippen LogP contribution in [0.2, 0.25) is 0 Å². The zero-order valence-corrected chi connectivity index (χ0v) is 18.9. The zero-order valence-electron chi connectivity index (χ0n) is 18.9. The van der Waals surface area contributed by atoms with Gasteiger partial charge in [-0.25, -0.2) is 0 Å². The van der Waals surface area contributed by atoms with Crippen LogP contribution in [0.15, 0.2) is 30.3 Å². The molecule has 7 heteroatoms. The lowest BCUT2D eigenvalue weighted by atomic mass is 9.82. The molecule has 0 saturated carbocycles. The molecule has 1 spiro atoms. The summed E-state index contributed by atoms with van der Waals surface area (Å²) in [6.45, 7) is 7.11. The molecule has 2 amide bonds. The summed E-state index contributed by atoms with van der Waals surface area (Å²) < 4.78 is 8.37. The smallest absolute Gasteiger partial charge is 0.225 e. The maximum atomic E-state index is 13.1. The number of nitrogens with zero attached hydrogens (tertiary/aromatic N) is 3. The van der Waals surface area contributed by atoms with Gasteiger partial charge >= 0.3 is 0 Å². The van der Waals surface area contributed by atoms with Crippen LogP contribution in [0, 0.1) is 19.8 Å². The first-order valence-corrected chi connectivity index (χ1v) is 11.1. The van der Waals surface area contributed by atoms with Crippen LogP contribution in [0.3, 0.4) is 0 Å². The Morgan fingerprint density at radius 1 is 1.32 bits per heavy atom. The molecule has 31 heavy (non-hydrogen) atoms. The Bertz CT molecular complexity index is 985. The van der Waals surface area contributed by atoms with Crippen molar-refractivity contribution in [3.8, 4) is 5.75 Å². The van der Waals surface area contributed by atoms with Crippen molar-refractivity contribution < 1.29 is 14.3 Å². The minimum Gasteiger partial charge on any atom is -0.487 e. The molecule has 2 aromatic rings. The minimum absolute atomic E-state index is 0.00576. The number of hydrogen-bond acceptors (Lipinski definition) is 4. The monoisotopic (exact) mass is 424 g/mol. The van der Waals surface area contributed by atoms with E-state index in [0.717, 1.165) is 29.1 Å². The lowest BCUT2D eigenvalue weighted by Crippen LogP contribution is -2.46. The molecule has 1 saturated heterocycles. The second-order valence-corrected chi connectivity index (χ2v) is 9.16. The van der Waals surface area contributed by atoms with Crippen molar-refractivity contribution in [2.24, 2.45) is 5.92 Å². The fourth-order valence-corrected chi connectivity index (χ4v) is 4.72. The summed E-state index contributed by atoms with van der Waals surface area (Å²) >= 11 is 0. The number of ether oxygens (including phenoxy) is 1. The Balaban J connectivity index is 1.53. The first-order valence-electron chi connectivity index (χ1n) is 11.1. The second-order valence-electron chi connectivity index (χ2n) is 9.16. The number of para-hydroxylation sites is 1. The van der Waals surface area contributed by atoms with E-state index in [1.54, 1.807) is 4.90 Å². The van der Waals surface area contributed by atoms with Crippen LogP contribution >= 0.6 is 0 Å². The van der Waals surface area contributed by atoms with Gasteiger partial charge in [-0.2, -0.15) is 5.10 Å². The predicted molar refractivity (Wildman–Crippen MR) is 118 cm³/mol. The topological polar surface area (TPSA) is 76.5 Å². The number of carbonyl (C=O) groups excluding carboxylic acids is 2. The highest BCUT2D eigenvalue weighted by Gasteiger charge is 2.43. The van der Waals surface area contributed by atoms with E-state index in [1.165, 1.54) is 0 Å². The number of carbonyl (C=O) groups is 2. The highest BCUT2D eigenvalue weighted by molar-refractivity contribution is 5.79. The maximum absolute atomic E-state index is 13.1. The van der Waals surface area contributed by atoms with Gasteiger partial charge in [0.05, 0.1) is 24.2 Å². The Labute approximate surface area is 183 Å². The molecule has 1 aromatic heterocycles. The molecule has 0 radical (unpaired) electrons. The quantitative estimate of drug-likeness (QED) is 0.818. The second kappa shape index (κ2) is 8.36. The van der Waals surface area contributed by atoms with Gasteiger partial charge in [-0.3, -0.25) is 14.3 Å². The molecule has 0 aliphatic carbocycles. The molecule has 3 atom stereocenters. The van der Waals surface area contributed by atoms with Gasteiger partial charge in [0.2, 0.25) is 11.8 Å². The Hall–Kier alpha value is -2.83. The molecule has 2 aliphatic rings. The summed E-state index contributed by atoms with van der Waals surface area (Å²) in [6, 6.07) is 9.80. The highest BCUT2D eigenvalue weighted by Crippen LogP contribution is 2.44. The summed E-state index contributed by atoms with van der Waals surface area (Å²) in [5.74, 6) is 0.748. The lowest BCUT2D eigenvalue weighted by molar-refractivity contribution is -0.129. The molecule has 166 valence electrons. The van der Waals surface area contributed by atoms with Gasteiger partial charge in [0, 0.05) is 44.1 Å². The zero-order chi connectivity index (χ0) is 22.2.